The van der Waals surface area contributed by atoms with Crippen LogP contribution in [0.2, 0.25) is 0 Å². The molecule has 1 aromatic rings. The number of hydrogen-bond acceptors (Lipinski definition) is 3. The van der Waals surface area contributed by atoms with Crippen molar-refractivity contribution in [2.75, 3.05) is 4.90 Å². The van der Waals surface area contributed by atoms with Gasteiger partial charge < -0.3 is 15.1 Å². The highest BCUT2D eigenvalue weighted by Gasteiger charge is 2.31. The molecule has 0 aliphatic heterocycles. The molecular weight excluding hydrogens is 182 g/mol. The second-order valence-electron chi connectivity index (χ2n) is 3.39. The molecule has 1 aliphatic rings. The Morgan fingerprint density at radius 1 is 1.29 bits per heavy atom. The third-order valence-corrected chi connectivity index (χ3v) is 2.31. The molecule has 2 N–H and O–H groups in total. The fraction of sp³-hybridized carbons (Fsp3) is 0.300. The van der Waals surface area contributed by atoms with Gasteiger partial charge in [0.05, 0.1) is 0 Å². The van der Waals surface area contributed by atoms with Gasteiger partial charge in [0, 0.05) is 6.04 Å². The Kier molecular flexibility index (Phi) is 2.04. The van der Waals surface area contributed by atoms with Crippen molar-refractivity contribution in [3.63, 3.8) is 0 Å². The van der Waals surface area contributed by atoms with E-state index >= 15 is 0 Å². The summed E-state index contributed by atoms with van der Waals surface area (Å²) in [5.41, 5.74) is 0.213. The van der Waals surface area contributed by atoms with E-state index in [9.17, 15) is 15.0 Å². The van der Waals surface area contributed by atoms with E-state index < -0.39 is 0 Å². The van der Waals surface area contributed by atoms with E-state index in [0.717, 1.165) is 12.8 Å². The normalized spacial score (nSPS) is 15.1. The minimum Gasteiger partial charge on any atom is -0.506 e. The largest absolute Gasteiger partial charge is 0.506 e. The molecule has 0 spiro atoms. The van der Waals surface area contributed by atoms with Crippen LogP contribution in [0.4, 0.5) is 5.69 Å². The van der Waals surface area contributed by atoms with Crippen LogP contribution in [0, 0.1) is 0 Å². The van der Waals surface area contributed by atoms with Gasteiger partial charge in [-0.05, 0) is 25.0 Å². The smallest absolute Gasteiger partial charge is 0.214 e. The number of para-hydroxylation sites is 1. The fourth-order valence-corrected chi connectivity index (χ4v) is 1.46. The molecule has 14 heavy (non-hydrogen) atoms. The maximum Gasteiger partial charge on any atom is 0.214 e. The Labute approximate surface area is 81.4 Å². The van der Waals surface area contributed by atoms with Crippen LogP contribution in [0.1, 0.15) is 12.8 Å². The minimum atomic E-state index is -0.0657. The van der Waals surface area contributed by atoms with Crippen molar-refractivity contribution < 1.29 is 15.0 Å². The molecule has 1 saturated carbocycles. The van der Waals surface area contributed by atoms with Crippen LogP contribution in [-0.4, -0.2) is 22.7 Å². The highest BCUT2D eigenvalue weighted by Crippen LogP contribution is 2.40. The second-order valence-corrected chi connectivity index (χ2v) is 3.39. The first-order valence-corrected chi connectivity index (χ1v) is 4.48. The lowest BCUT2D eigenvalue weighted by Gasteiger charge is -2.18. The average Bonchev–Trinajstić information content (AvgIpc) is 2.95. The van der Waals surface area contributed by atoms with Crippen molar-refractivity contribution in [1.29, 1.82) is 0 Å². The minimum absolute atomic E-state index is 0.0657. The third-order valence-electron chi connectivity index (χ3n) is 2.31. The first kappa shape index (κ1) is 8.87. The van der Waals surface area contributed by atoms with Gasteiger partial charge in [-0.15, -0.1) is 0 Å². The molecule has 1 aromatic carbocycles. The van der Waals surface area contributed by atoms with Crippen molar-refractivity contribution in [3.05, 3.63) is 18.2 Å². The number of amides is 1. The monoisotopic (exact) mass is 193 g/mol. The molecule has 4 nitrogen and oxygen atoms in total. The molecule has 0 bridgehead atoms. The number of phenolic OH excluding ortho intramolecular Hbond substituents is 2. The van der Waals surface area contributed by atoms with E-state index in [4.69, 9.17) is 0 Å². The lowest BCUT2D eigenvalue weighted by molar-refractivity contribution is -0.107. The van der Waals surface area contributed by atoms with Crippen molar-refractivity contribution in [3.8, 4) is 11.5 Å². The summed E-state index contributed by atoms with van der Waals surface area (Å²) in [4.78, 5) is 12.2. The van der Waals surface area contributed by atoms with Gasteiger partial charge in [0.25, 0.3) is 0 Å². The Morgan fingerprint density at radius 2 is 1.86 bits per heavy atom. The summed E-state index contributed by atoms with van der Waals surface area (Å²) in [7, 11) is 0. The molecular formula is C10H11NO3. The van der Waals surface area contributed by atoms with Crippen molar-refractivity contribution >= 4 is 12.1 Å². The molecule has 1 fully saturated rings. The zero-order chi connectivity index (χ0) is 10.1. The molecule has 74 valence electrons. The number of anilines is 1. The van der Waals surface area contributed by atoms with Gasteiger partial charge in [-0.1, -0.05) is 6.07 Å². The van der Waals surface area contributed by atoms with Crippen LogP contribution in [-0.2, 0) is 4.79 Å². The molecule has 0 unspecified atom stereocenters. The molecule has 4 heteroatoms. The van der Waals surface area contributed by atoms with Gasteiger partial charge >= 0.3 is 0 Å². The molecule has 0 aromatic heterocycles. The number of carbonyl (C=O) groups excluding carboxylic acids is 1. The molecule has 2 rings (SSSR count). The van der Waals surface area contributed by atoms with Gasteiger partial charge in [-0.25, -0.2) is 0 Å². The van der Waals surface area contributed by atoms with Crippen LogP contribution < -0.4 is 4.90 Å². The number of benzene rings is 1. The standard InChI is InChI=1S/C10H11NO3/c12-6-11(7-4-5-7)10-8(13)2-1-3-9(10)14/h1-3,6-7,13-14H,4-5H2. The summed E-state index contributed by atoms with van der Waals surface area (Å²) in [6.45, 7) is 0. The van der Waals surface area contributed by atoms with Crippen LogP contribution in [0.25, 0.3) is 0 Å². The van der Waals surface area contributed by atoms with E-state index in [2.05, 4.69) is 0 Å². The van der Waals surface area contributed by atoms with Gasteiger partial charge in [0.15, 0.2) is 0 Å². The SMILES string of the molecule is O=CN(c1c(O)cccc1O)C1CC1. The van der Waals surface area contributed by atoms with Crippen molar-refractivity contribution in [1.82, 2.24) is 0 Å². The number of nitrogens with zero attached hydrogens (tertiary/aromatic N) is 1. The summed E-state index contributed by atoms with van der Waals surface area (Å²) >= 11 is 0. The highest BCUT2D eigenvalue weighted by atomic mass is 16.3. The Hall–Kier alpha value is -1.71. The number of carbonyl (C=O) groups is 1. The summed E-state index contributed by atoms with van der Waals surface area (Å²) in [6, 6.07) is 4.57. The zero-order valence-corrected chi connectivity index (χ0v) is 7.55. The lowest BCUT2D eigenvalue weighted by Crippen LogP contribution is -2.23. The quantitative estimate of drug-likeness (QED) is 0.709. The van der Waals surface area contributed by atoms with Crippen LogP contribution in [0.15, 0.2) is 18.2 Å². The lowest BCUT2D eigenvalue weighted by atomic mass is 10.2. The van der Waals surface area contributed by atoms with E-state index in [1.54, 1.807) is 0 Å². The van der Waals surface area contributed by atoms with Gasteiger partial charge in [0.1, 0.15) is 17.2 Å². The maximum atomic E-state index is 10.8. The summed E-state index contributed by atoms with van der Waals surface area (Å²) in [5, 5.41) is 19.0. The van der Waals surface area contributed by atoms with Crippen molar-refractivity contribution in [2.24, 2.45) is 0 Å². The van der Waals surface area contributed by atoms with Gasteiger partial charge in [0.2, 0.25) is 6.41 Å². The molecule has 1 aliphatic carbocycles. The van der Waals surface area contributed by atoms with Crippen LogP contribution in [0.3, 0.4) is 0 Å². The molecule has 0 heterocycles. The topological polar surface area (TPSA) is 60.8 Å². The Bertz CT molecular complexity index is 340. The number of rotatable bonds is 3. The van der Waals surface area contributed by atoms with Crippen LogP contribution in [0.5, 0.6) is 11.5 Å². The Morgan fingerprint density at radius 3 is 2.29 bits per heavy atom. The van der Waals surface area contributed by atoms with Crippen LogP contribution >= 0.6 is 0 Å². The van der Waals surface area contributed by atoms with E-state index in [-0.39, 0.29) is 23.2 Å². The second kappa shape index (κ2) is 3.21. The fourth-order valence-electron chi connectivity index (χ4n) is 1.46. The third kappa shape index (κ3) is 1.39. The molecule has 0 atom stereocenters. The van der Waals surface area contributed by atoms with Gasteiger partial charge in [-0.3, -0.25) is 4.79 Å². The van der Waals surface area contributed by atoms with Gasteiger partial charge in [-0.2, -0.15) is 0 Å². The summed E-state index contributed by atoms with van der Waals surface area (Å²) < 4.78 is 0. The first-order chi connectivity index (χ1) is 6.74. The number of aromatic hydroxyl groups is 2. The average molecular weight is 193 g/mol. The molecule has 0 saturated heterocycles. The predicted octanol–water partition coefficient (Wildman–Crippen LogP) is 1.22. The van der Waals surface area contributed by atoms with Crippen molar-refractivity contribution in [2.45, 2.75) is 18.9 Å². The Balaban J connectivity index is 2.41. The van der Waals surface area contributed by atoms with E-state index in [0.29, 0.717) is 6.41 Å². The predicted molar refractivity (Wildman–Crippen MR) is 51.3 cm³/mol. The zero-order valence-electron chi connectivity index (χ0n) is 7.55. The molecule has 1 amide bonds. The highest BCUT2D eigenvalue weighted by molar-refractivity contribution is 5.83. The maximum absolute atomic E-state index is 10.8. The summed E-state index contributed by atoms with van der Waals surface area (Å²) in [6.07, 6.45) is 2.49. The van der Waals surface area contributed by atoms with E-state index in [1.165, 1.54) is 23.1 Å². The summed E-state index contributed by atoms with van der Waals surface area (Å²) in [5.74, 6) is -0.131. The number of hydrogen-bond donors (Lipinski definition) is 2. The first-order valence-electron chi connectivity index (χ1n) is 4.48. The van der Waals surface area contributed by atoms with E-state index in [1.807, 2.05) is 0 Å². The molecule has 0 radical (unpaired) electrons. The number of phenols is 2.